The number of nitrogens with one attached hydrogen (secondary N) is 1. The smallest absolute Gasteiger partial charge is 0.243 e. The van der Waals surface area contributed by atoms with E-state index in [9.17, 15) is 9.59 Å². The first-order valence-electron chi connectivity index (χ1n) is 8.00. The zero-order chi connectivity index (χ0) is 19.1. The van der Waals surface area contributed by atoms with Gasteiger partial charge in [-0.1, -0.05) is 11.6 Å². The highest BCUT2D eigenvalue weighted by atomic mass is 35.5. The molecule has 1 N–H and O–H groups in total. The molecule has 2 aromatic carbocycles. The third-order valence-corrected chi connectivity index (χ3v) is 4.96. The summed E-state index contributed by atoms with van der Waals surface area (Å²) in [5, 5.41) is 3.11. The van der Waals surface area contributed by atoms with E-state index in [4.69, 9.17) is 16.3 Å². The minimum atomic E-state index is -0.310. The molecular formula is C19H21ClN2O3S. The summed E-state index contributed by atoms with van der Waals surface area (Å²) in [6.07, 6.45) is 0. The molecule has 0 saturated heterocycles. The number of carbonyl (C=O) groups is 2. The van der Waals surface area contributed by atoms with Gasteiger partial charge in [0.25, 0.3) is 0 Å². The van der Waals surface area contributed by atoms with Crippen LogP contribution in [0.15, 0.2) is 53.4 Å². The maximum absolute atomic E-state index is 12.5. The number of ether oxygens (including phenoxy) is 1. The Bertz CT molecular complexity index is 750. The lowest BCUT2D eigenvalue weighted by atomic mass is 10.3. The molecule has 0 radical (unpaired) electrons. The molecule has 2 amide bonds. The van der Waals surface area contributed by atoms with Crippen molar-refractivity contribution in [3.63, 3.8) is 0 Å². The second-order valence-electron chi connectivity index (χ2n) is 5.68. The molecule has 1 unspecified atom stereocenters. The molecule has 138 valence electrons. The lowest BCUT2D eigenvalue weighted by Crippen LogP contribution is -2.38. The Hall–Kier alpha value is -2.18. The summed E-state index contributed by atoms with van der Waals surface area (Å²) in [5.74, 6) is 0.341. The molecule has 26 heavy (non-hydrogen) atoms. The molecule has 0 aliphatic heterocycles. The van der Waals surface area contributed by atoms with Gasteiger partial charge in [0.1, 0.15) is 5.75 Å². The van der Waals surface area contributed by atoms with Crippen molar-refractivity contribution in [1.29, 1.82) is 0 Å². The third-order valence-electron chi connectivity index (χ3n) is 3.61. The van der Waals surface area contributed by atoms with E-state index in [2.05, 4.69) is 5.32 Å². The monoisotopic (exact) mass is 392 g/mol. The Balaban J connectivity index is 1.86. The number of thioether (sulfide) groups is 1. The number of likely N-dealkylation sites (N-methyl/N-ethyl adjacent to an activating group) is 1. The molecule has 0 aliphatic rings. The molecule has 7 heteroatoms. The number of benzene rings is 2. The number of anilines is 1. The van der Waals surface area contributed by atoms with Gasteiger partial charge in [0, 0.05) is 22.7 Å². The van der Waals surface area contributed by atoms with Gasteiger partial charge in [0.2, 0.25) is 11.8 Å². The Morgan fingerprint density at radius 2 is 1.77 bits per heavy atom. The van der Waals surface area contributed by atoms with Crippen LogP contribution in [0.2, 0.25) is 5.02 Å². The van der Waals surface area contributed by atoms with Gasteiger partial charge in [-0.2, -0.15) is 0 Å². The van der Waals surface area contributed by atoms with E-state index in [1.54, 1.807) is 50.6 Å². The van der Waals surface area contributed by atoms with Crippen molar-refractivity contribution in [2.24, 2.45) is 0 Å². The van der Waals surface area contributed by atoms with Crippen molar-refractivity contribution < 1.29 is 14.3 Å². The van der Waals surface area contributed by atoms with E-state index in [1.807, 2.05) is 19.1 Å². The topological polar surface area (TPSA) is 58.6 Å². The second kappa shape index (κ2) is 9.50. The Morgan fingerprint density at radius 3 is 2.35 bits per heavy atom. The number of hydrogen-bond donors (Lipinski definition) is 1. The first kappa shape index (κ1) is 20.1. The highest BCUT2D eigenvalue weighted by Crippen LogP contribution is 2.25. The van der Waals surface area contributed by atoms with Crippen molar-refractivity contribution in [3.05, 3.63) is 53.6 Å². The molecule has 1 atom stereocenters. The van der Waals surface area contributed by atoms with Crippen LogP contribution < -0.4 is 10.1 Å². The van der Waals surface area contributed by atoms with Gasteiger partial charge in [0.15, 0.2) is 0 Å². The number of nitrogens with zero attached hydrogens (tertiary/aromatic N) is 1. The molecule has 0 saturated carbocycles. The molecule has 0 heterocycles. The lowest BCUT2D eigenvalue weighted by molar-refractivity contribution is -0.132. The minimum absolute atomic E-state index is 0.0175. The van der Waals surface area contributed by atoms with Crippen LogP contribution in [-0.2, 0) is 9.59 Å². The summed E-state index contributed by atoms with van der Waals surface area (Å²) in [5.41, 5.74) is 0.653. The number of carbonyl (C=O) groups excluding carboxylic acids is 2. The molecule has 0 aliphatic carbocycles. The quantitative estimate of drug-likeness (QED) is 0.725. The molecule has 2 rings (SSSR count). The van der Waals surface area contributed by atoms with Crippen LogP contribution in [0.25, 0.3) is 0 Å². The van der Waals surface area contributed by atoms with Gasteiger partial charge in [-0.05, 0) is 55.5 Å². The van der Waals surface area contributed by atoms with Crippen LogP contribution in [0.3, 0.4) is 0 Å². The van der Waals surface area contributed by atoms with E-state index in [1.165, 1.54) is 16.7 Å². The molecule has 0 bridgehead atoms. The molecule has 0 spiro atoms. The maximum Gasteiger partial charge on any atom is 0.243 e. The second-order valence-corrected chi connectivity index (χ2v) is 7.54. The predicted octanol–water partition coefficient (Wildman–Crippen LogP) is 3.93. The third kappa shape index (κ3) is 5.97. The van der Waals surface area contributed by atoms with Gasteiger partial charge < -0.3 is 15.0 Å². The zero-order valence-electron chi connectivity index (χ0n) is 14.9. The van der Waals surface area contributed by atoms with Gasteiger partial charge in [0.05, 0.1) is 18.9 Å². The van der Waals surface area contributed by atoms with Crippen molar-refractivity contribution in [3.8, 4) is 5.75 Å². The van der Waals surface area contributed by atoms with Crippen LogP contribution in [0.5, 0.6) is 5.75 Å². The van der Waals surface area contributed by atoms with Gasteiger partial charge in [-0.15, -0.1) is 11.8 Å². The number of rotatable bonds is 7. The van der Waals surface area contributed by atoms with E-state index in [0.29, 0.717) is 16.5 Å². The lowest BCUT2D eigenvalue weighted by Gasteiger charge is -2.20. The Morgan fingerprint density at radius 1 is 1.15 bits per heavy atom. The number of amides is 2. The van der Waals surface area contributed by atoms with Crippen LogP contribution >= 0.6 is 23.4 Å². The van der Waals surface area contributed by atoms with Crippen LogP contribution in [0.4, 0.5) is 5.69 Å². The number of methoxy groups -OCH3 is 1. The van der Waals surface area contributed by atoms with Crippen molar-refractivity contribution >= 4 is 40.9 Å². The summed E-state index contributed by atoms with van der Waals surface area (Å²) in [7, 11) is 3.20. The van der Waals surface area contributed by atoms with Gasteiger partial charge in [-0.25, -0.2) is 0 Å². The zero-order valence-corrected chi connectivity index (χ0v) is 16.4. The van der Waals surface area contributed by atoms with Gasteiger partial charge >= 0.3 is 0 Å². The van der Waals surface area contributed by atoms with Crippen molar-refractivity contribution in [2.75, 3.05) is 26.0 Å². The Labute approximate surface area is 162 Å². The standard InChI is InChI=1S/C19H21ClN2O3S/c1-13(26-17-10-4-14(20)5-11-17)19(24)22(2)12-18(23)21-15-6-8-16(25-3)9-7-15/h4-11,13H,12H2,1-3H3,(H,21,23). The molecule has 0 fully saturated rings. The summed E-state index contributed by atoms with van der Waals surface area (Å²) in [4.78, 5) is 27.0. The summed E-state index contributed by atoms with van der Waals surface area (Å²) < 4.78 is 5.08. The first-order valence-corrected chi connectivity index (χ1v) is 9.26. The Kier molecular flexibility index (Phi) is 7.36. The maximum atomic E-state index is 12.5. The molecular weight excluding hydrogens is 372 g/mol. The molecule has 2 aromatic rings. The molecule has 0 aromatic heterocycles. The highest BCUT2D eigenvalue weighted by molar-refractivity contribution is 8.00. The first-order chi connectivity index (χ1) is 12.4. The van der Waals surface area contributed by atoms with Gasteiger partial charge in [-0.3, -0.25) is 9.59 Å². The summed E-state index contributed by atoms with van der Waals surface area (Å²) >= 11 is 7.29. The summed E-state index contributed by atoms with van der Waals surface area (Å²) in [6.45, 7) is 1.80. The van der Waals surface area contributed by atoms with Crippen LogP contribution in [-0.4, -0.2) is 42.7 Å². The predicted molar refractivity (Wildman–Crippen MR) is 106 cm³/mol. The molecule has 5 nitrogen and oxygen atoms in total. The number of hydrogen-bond acceptors (Lipinski definition) is 4. The number of halogens is 1. The normalized spacial score (nSPS) is 11.5. The minimum Gasteiger partial charge on any atom is -0.497 e. The highest BCUT2D eigenvalue weighted by Gasteiger charge is 2.20. The fraction of sp³-hybridized carbons (Fsp3) is 0.263. The van der Waals surface area contributed by atoms with Crippen LogP contribution in [0, 0.1) is 0 Å². The van der Waals surface area contributed by atoms with E-state index in [-0.39, 0.29) is 23.6 Å². The fourth-order valence-corrected chi connectivity index (χ4v) is 3.35. The van der Waals surface area contributed by atoms with E-state index < -0.39 is 0 Å². The largest absolute Gasteiger partial charge is 0.497 e. The average Bonchev–Trinajstić information content (AvgIpc) is 2.63. The van der Waals surface area contributed by atoms with Crippen molar-refractivity contribution in [1.82, 2.24) is 4.90 Å². The SMILES string of the molecule is COc1ccc(NC(=O)CN(C)C(=O)C(C)Sc2ccc(Cl)cc2)cc1. The average molecular weight is 393 g/mol. The van der Waals surface area contributed by atoms with E-state index in [0.717, 1.165) is 4.90 Å². The fourth-order valence-electron chi connectivity index (χ4n) is 2.25. The van der Waals surface area contributed by atoms with E-state index >= 15 is 0 Å². The summed E-state index contributed by atoms with van der Waals surface area (Å²) in [6, 6.07) is 14.3. The van der Waals surface area contributed by atoms with Crippen molar-refractivity contribution in [2.45, 2.75) is 17.1 Å². The van der Waals surface area contributed by atoms with Crippen LogP contribution in [0.1, 0.15) is 6.92 Å².